The van der Waals surface area contributed by atoms with Gasteiger partial charge < -0.3 is 18.9 Å². The van der Waals surface area contributed by atoms with Crippen LogP contribution in [-0.2, 0) is 16.2 Å². The average Bonchev–Trinajstić information content (AvgIpc) is 1.24. The molecular formula is C92H79BN4. The highest BCUT2D eigenvalue weighted by molar-refractivity contribution is 7.00. The molecule has 17 rings (SSSR count). The van der Waals surface area contributed by atoms with Gasteiger partial charge in [0.1, 0.15) is 0 Å². The Morgan fingerprint density at radius 3 is 0.876 bits per heavy atom. The quantitative estimate of drug-likeness (QED) is 0.141. The molecule has 0 amide bonds. The van der Waals surface area contributed by atoms with E-state index in [9.17, 15) is 0 Å². The predicted octanol–water partition coefficient (Wildman–Crippen LogP) is 23.1. The van der Waals surface area contributed by atoms with Gasteiger partial charge in [0, 0.05) is 55.4 Å². The van der Waals surface area contributed by atoms with Crippen molar-refractivity contribution in [2.75, 3.05) is 9.80 Å². The molecule has 97 heavy (non-hydrogen) atoms. The zero-order valence-corrected chi connectivity index (χ0v) is 57.4. The number of para-hydroxylation sites is 4. The van der Waals surface area contributed by atoms with Crippen LogP contribution in [0.15, 0.2) is 279 Å². The van der Waals surface area contributed by atoms with E-state index in [2.05, 4.69) is 374 Å². The molecular weight excluding hydrogens is 1170 g/mol. The van der Waals surface area contributed by atoms with Crippen molar-refractivity contribution in [3.8, 4) is 55.9 Å². The fourth-order valence-electron chi connectivity index (χ4n) is 16.5. The lowest BCUT2D eigenvalue weighted by atomic mass is 9.33. The number of anilines is 6. The second kappa shape index (κ2) is 22.4. The van der Waals surface area contributed by atoms with Crippen LogP contribution in [0.4, 0.5) is 34.1 Å². The van der Waals surface area contributed by atoms with Gasteiger partial charge in [0.25, 0.3) is 6.71 Å². The van der Waals surface area contributed by atoms with Crippen LogP contribution in [0.1, 0.15) is 90.1 Å². The normalized spacial score (nSPS) is 13.0. The topological polar surface area (TPSA) is 16.3 Å². The van der Waals surface area contributed by atoms with Crippen LogP contribution in [-0.4, -0.2) is 15.8 Å². The molecule has 0 unspecified atom stereocenters. The smallest absolute Gasteiger partial charge is 0.252 e. The van der Waals surface area contributed by atoms with Gasteiger partial charge in [-0.3, -0.25) is 0 Å². The lowest BCUT2D eigenvalue weighted by Gasteiger charge is -2.47. The van der Waals surface area contributed by atoms with Crippen molar-refractivity contribution in [3.05, 3.63) is 307 Å². The molecule has 4 heterocycles. The molecule has 2 aliphatic heterocycles. The second-order valence-electron chi connectivity index (χ2n) is 30.1. The maximum atomic E-state index is 2.74. The van der Waals surface area contributed by atoms with Gasteiger partial charge in [0.15, 0.2) is 0 Å². The fourth-order valence-corrected chi connectivity index (χ4v) is 16.5. The Labute approximate surface area is 571 Å². The molecule has 0 fully saturated rings. The van der Waals surface area contributed by atoms with E-state index in [1.807, 2.05) is 0 Å². The van der Waals surface area contributed by atoms with E-state index >= 15 is 0 Å². The van der Waals surface area contributed by atoms with E-state index < -0.39 is 0 Å². The molecule has 0 spiro atoms. The molecule has 470 valence electrons. The van der Waals surface area contributed by atoms with Gasteiger partial charge in [-0.2, -0.15) is 0 Å². The highest BCUT2D eigenvalue weighted by atomic mass is 15.2. The number of nitrogens with zero attached hydrogens (tertiary/aromatic N) is 4. The van der Waals surface area contributed by atoms with Crippen molar-refractivity contribution in [2.24, 2.45) is 0 Å². The molecule has 0 saturated heterocycles. The number of benzene rings is 13. The Morgan fingerprint density at radius 1 is 0.268 bits per heavy atom. The summed E-state index contributed by atoms with van der Waals surface area (Å²) in [5, 5.41) is 4.96. The predicted molar refractivity (Wildman–Crippen MR) is 416 cm³/mol. The summed E-state index contributed by atoms with van der Waals surface area (Å²) in [7, 11) is 0. The van der Waals surface area contributed by atoms with Crippen LogP contribution in [0.25, 0.3) is 99.5 Å². The zero-order valence-electron chi connectivity index (χ0n) is 57.4. The minimum Gasteiger partial charge on any atom is -0.310 e. The molecule has 0 radical (unpaired) electrons. The van der Waals surface area contributed by atoms with Crippen LogP contribution in [0, 0.1) is 13.8 Å². The Balaban J connectivity index is 1.07. The maximum Gasteiger partial charge on any atom is 0.252 e. The number of rotatable bonds is 8. The Bertz CT molecular complexity index is 5210. The summed E-state index contributed by atoms with van der Waals surface area (Å²) < 4.78 is 5.08. The van der Waals surface area contributed by atoms with Crippen molar-refractivity contribution in [2.45, 2.75) is 92.4 Å². The third-order valence-corrected chi connectivity index (χ3v) is 21.1. The monoisotopic (exact) mass is 1250 g/mol. The standard InChI is InChI=1S/C92H79BN4/c1-58-77(94-79-44-28-24-40-65(79)66-41-25-29-45-80(66)94)50-48-75-88(58)96(83-56-69(60-32-16-12-17-33-60)73(91(6,7)8)54-71(83)62-36-20-14-21-37-62)85-52-64(90(3,4)5)53-86-87(85)93(75)76-49-51-78(95-81-46-30-26-42-67(81)68-43-27-31-47-82(68)95)59(2)89(76)97(86)84-57-70(61-34-18-13-19-35-61)74(92(9,10)11)55-72(84)63-38-22-15-23-39-63/h12-57H,1-11H3. The second-order valence-corrected chi connectivity index (χ2v) is 30.1. The molecule has 0 bridgehead atoms. The Kier molecular flexibility index (Phi) is 13.8. The van der Waals surface area contributed by atoms with Crippen LogP contribution in [0.3, 0.4) is 0 Å². The van der Waals surface area contributed by atoms with E-state index in [1.165, 1.54) is 155 Å². The first kappa shape index (κ1) is 59.8. The Hall–Kier alpha value is -10.9. The molecule has 2 aliphatic rings. The van der Waals surface area contributed by atoms with E-state index in [0.29, 0.717) is 0 Å². The van der Waals surface area contributed by atoms with Gasteiger partial charge in [-0.15, -0.1) is 0 Å². The third kappa shape index (κ3) is 9.48. The van der Waals surface area contributed by atoms with Crippen LogP contribution < -0.4 is 26.2 Å². The van der Waals surface area contributed by atoms with Crippen LogP contribution in [0.2, 0.25) is 0 Å². The van der Waals surface area contributed by atoms with Gasteiger partial charge in [-0.05, 0) is 180 Å². The molecule has 15 aromatic rings. The number of hydrogen-bond acceptors (Lipinski definition) is 2. The fraction of sp³-hybridized carbons (Fsp3) is 0.152. The highest BCUT2D eigenvalue weighted by Crippen LogP contribution is 2.55. The lowest BCUT2D eigenvalue weighted by Crippen LogP contribution is -2.62. The summed E-state index contributed by atoms with van der Waals surface area (Å²) in [4.78, 5) is 5.49. The van der Waals surface area contributed by atoms with Crippen molar-refractivity contribution in [3.63, 3.8) is 0 Å². The van der Waals surface area contributed by atoms with E-state index in [-0.39, 0.29) is 23.0 Å². The van der Waals surface area contributed by atoms with Crippen molar-refractivity contribution in [1.82, 2.24) is 9.13 Å². The third-order valence-electron chi connectivity index (χ3n) is 21.1. The van der Waals surface area contributed by atoms with Crippen molar-refractivity contribution in [1.29, 1.82) is 0 Å². The van der Waals surface area contributed by atoms with E-state index in [0.717, 1.165) is 22.7 Å². The van der Waals surface area contributed by atoms with Crippen molar-refractivity contribution < 1.29 is 0 Å². The lowest BCUT2D eigenvalue weighted by molar-refractivity contribution is 0.590. The van der Waals surface area contributed by atoms with Crippen LogP contribution in [0.5, 0.6) is 0 Å². The number of fused-ring (bicyclic) bond motifs is 10. The summed E-state index contributed by atoms with van der Waals surface area (Å²) in [6.45, 7) is 26.1. The molecule has 0 saturated carbocycles. The van der Waals surface area contributed by atoms with Gasteiger partial charge in [0.2, 0.25) is 0 Å². The molecule has 13 aromatic carbocycles. The first-order chi connectivity index (χ1) is 46.9. The van der Waals surface area contributed by atoms with Gasteiger partial charge >= 0.3 is 0 Å². The molecule has 2 aromatic heterocycles. The zero-order chi connectivity index (χ0) is 66.4. The minimum absolute atomic E-state index is 0.208. The number of aromatic nitrogens is 2. The summed E-state index contributed by atoms with van der Waals surface area (Å²) in [6, 6.07) is 106. The van der Waals surface area contributed by atoms with Gasteiger partial charge in [-0.1, -0.05) is 269 Å². The summed E-state index contributed by atoms with van der Waals surface area (Å²) >= 11 is 0. The molecule has 4 nitrogen and oxygen atoms in total. The van der Waals surface area contributed by atoms with Gasteiger partial charge in [-0.25, -0.2) is 0 Å². The first-order valence-electron chi connectivity index (χ1n) is 34.5. The Morgan fingerprint density at radius 2 is 0.567 bits per heavy atom. The van der Waals surface area contributed by atoms with E-state index in [1.54, 1.807) is 0 Å². The molecule has 0 atom stereocenters. The minimum atomic E-state index is -0.306. The van der Waals surface area contributed by atoms with Crippen molar-refractivity contribution >= 4 is 101 Å². The number of hydrogen-bond donors (Lipinski definition) is 0. The average molecular weight is 1250 g/mol. The summed E-state index contributed by atoms with van der Waals surface area (Å²) in [5.41, 5.74) is 33.0. The van der Waals surface area contributed by atoms with Gasteiger partial charge in [0.05, 0.1) is 44.8 Å². The van der Waals surface area contributed by atoms with E-state index in [4.69, 9.17) is 0 Å². The maximum absolute atomic E-state index is 2.74. The summed E-state index contributed by atoms with van der Waals surface area (Å²) in [6.07, 6.45) is 0. The first-order valence-corrected chi connectivity index (χ1v) is 34.5. The molecule has 0 N–H and O–H groups in total. The summed E-state index contributed by atoms with van der Waals surface area (Å²) in [5.74, 6) is 0. The largest absolute Gasteiger partial charge is 0.310 e. The SMILES string of the molecule is Cc1c(-n2c3ccccc3c3ccccc32)ccc2c1N(c1cc(-c3ccccc3)c(C(C)(C)C)cc1-c1ccccc1)c1cc(C(C)(C)C)cc3c1B2c1ccc(-n2c4ccccc4c4ccccc42)c(C)c1N3c1cc(-c2ccccc2)c(C(C)(C)C)cc1-c1ccccc1. The highest BCUT2D eigenvalue weighted by Gasteiger charge is 2.47. The molecule has 5 heteroatoms. The van der Waals surface area contributed by atoms with Crippen LogP contribution >= 0.6 is 0 Å². The molecule has 0 aliphatic carbocycles.